The predicted molar refractivity (Wildman–Crippen MR) is 70.1 cm³/mol. The van der Waals surface area contributed by atoms with Gasteiger partial charge in [0.15, 0.2) is 0 Å². The SMILES string of the molecule is Clc1cnc(Br)cc1-c1cccc(Br)c1. The van der Waals surface area contributed by atoms with Crippen molar-refractivity contribution in [1.82, 2.24) is 4.98 Å². The lowest BCUT2D eigenvalue weighted by atomic mass is 10.1. The highest BCUT2D eigenvalue weighted by molar-refractivity contribution is 9.10. The smallest absolute Gasteiger partial charge is 0.106 e. The standard InChI is InChI=1S/C11H6Br2ClN/c12-8-3-1-2-7(4-8)9-5-11(13)15-6-10(9)14/h1-6H. The summed E-state index contributed by atoms with van der Waals surface area (Å²) in [4.78, 5) is 4.06. The fraction of sp³-hybridized carbons (Fsp3) is 0. The number of hydrogen-bond acceptors (Lipinski definition) is 1. The molecule has 2 rings (SSSR count). The van der Waals surface area contributed by atoms with Gasteiger partial charge in [0, 0.05) is 16.2 Å². The van der Waals surface area contributed by atoms with Gasteiger partial charge in [0.25, 0.3) is 0 Å². The van der Waals surface area contributed by atoms with Crippen molar-refractivity contribution in [2.24, 2.45) is 0 Å². The number of aromatic nitrogens is 1. The summed E-state index contributed by atoms with van der Waals surface area (Å²) in [6, 6.07) is 9.90. The van der Waals surface area contributed by atoms with Gasteiger partial charge in [-0.2, -0.15) is 0 Å². The summed E-state index contributed by atoms with van der Waals surface area (Å²) in [5, 5.41) is 0.649. The van der Waals surface area contributed by atoms with Crippen LogP contribution in [-0.4, -0.2) is 4.98 Å². The van der Waals surface area contributed by atoms with Crippen molar-refractivity contribution < 1.29 is 0 Å². The van der Waals surface area contributed by atoms with Gasteiger partial charge in [-0.15, -0.1) is 0 Å². The van der Waals surface area contributed by atoms with Crippen LogP contribution in [0.4, 0.5) is 0 Å². The molecule has 0 aliphatic rings. The average Bonchev–Trinajstić information content (AvgIpc) is 2.22. The summed E-state index contributed by atoms with van der Waals surface area (Å²) < 4.78 is 1.81. The van der Waals surface area contributed by atoms with Crippen molar-refractivity contribution in [3.8, 4) is 11.1 Å². The first kappa shape index (κ1) is 11.1. The van der Waals surface area contributed by atoms with E-state index in [4.69, 9.17) is 11.6 Å². The van der Waals surface area contributed by atoms with E-state index in [1.54, 1.807) is 6.20 Å². The Bertz CT molecular complexity index is 500. The molecule has 1 aromatic carbocycles. The van der Waals surface area contributed by atoms with Crippen LogP contribution in [0.25, 0.3) is 11.1 Å². The monoisotopic (exact) mass is 345 g/mol. The number of rotatable bonds is 1. The molecule has 0 N–H and O–H groups in total. The normalized spacial score (nSPS) is 10.3. The molecule has 0 saturated carbocycles. The number of benzene rings is 1. The third kappa shape index (κ3) is 2.60. The van der Waals surface area contributed by atoms with Crippen LogP contribution in [0.1, 0.15) is 0 Å². The summed E-state index contributed by atoms with van der Waals surface area (Å²) in [6.07, 6.45) is 1.64. The molecule has 0 spiro atoms. The van der Waals surface area contributed by atoms with Crippen molar-refractivity contribution in [2.45, 2.75) is 0 Å². The molecule has 1 nitrogen and oxygen atoms in total. The second kappa shape index (κ2) is 4.64. The first-order valence-corrected chi connectivity index (χ1v) is 6.20. The minimum atomic E-state index is 0.649. The Morgan fingerprint density at radius 3 is 2.67 bits per heavy atom. The molecule has 0 bridgehead atoms. The average molecular weight is 347 g/mol. The van der Waals surface area contributed by atoms with Crippen molar-refractivity contribution in [2.75, 3.05) is 0 Å². The Hall–Kier alpha value is -0.380. The van der Waals surface area contributed by atoms with E-state index < -0.39 is 0 Å². The van der Waals surface area contributed by atoms with Crippen molar-refractivity contribution in [3.05, 3.63) is 50.6 Å². The highest BCUT2D eigenvalue weighted by Crippen LogP contribution is 2.30. The number of halogens is 3. The minimum Gasteiger partial charge on any atom is -0.248 e. The van der Waals surface area contributed by atoms with Crippen molar-refractivity contribution in [1.29, 1.82) is 0 Å². The zero-order valence-electron chi connectivity index (χ0n) is 7.55. The van der Waals surface area contributed by atoms with Gasteiger partial charge in [0.05, 0.1) is 5.02 Å². The highest BCUT2D eigenvalue weighted by Gasteiger charge is 2.05. The third-order valence-corrected chi connectivity index (χ3v) is 3.19. The van der Waals surface area contributed by atoms with Gasteiger partial charge < -0.3 is 0 Å². The highest BCUT2D eigenvalue weighted by atomic mass is 79.9. The Morgan fingerprint density at radius 2 is 1.93 bits per heavy atom. The van der Waals surface area contributed by atoms with Crippen molar-refractivity contribution >= 4 is 43.5 Å². The fourth-order valence-corrected chi connectivity index (χ4v) is 2.23. The Kier molecular flexibility index (Phi) is 3.44. The molecule has 2 aromatic rings. The van der Waals surface area contributed by atoms with Crippen LogP contribution in [0.5, 0.6) is 0 Å². The van der Waals surface area contributed by atoms with Crippen LogP contribution in [0.15, 0.2) is 45.6 Å². The van der Waals surface area contributed by atoms with Crippen LogP contribution < -0.4 is 0 Å². The summed E-state index contributed by atoms with van der Waals surface area (Å²) in [7, 11) is 0. The van der Waals surface area contributed by atoms with Crippen molar-refractivity contribution in [3.63, 3.8) is 0 Å². The van der Waals surface area contributed by atoms with Gasteiger partial charge >= 0.3 is 0 Å². The molecular weight excluding hydrogens is 341 g/mol. The van der Waals surface area contributed by atoms with E-state index in [-0.39, 0.29) is 0 Å². The maximum Gasteiger partial charge on any atom is 0.106 e. The van der Waals surface area contributed by atoms with E-state index in [1.165, 1.54) is 0 Å². The molecule has 0 atom stereocenters. The lowest BCUT2D eigenvalue weighted by Crippen LogP contribution is -1.82. The summed E-state index contributed by atoms with van der Waals surface area (Å²) in [5.41, 5.74) is 2.04. The first-order valence-electron chi connectivity index (χ1n) is 4.24. The van der Waals surface area contributed by atoms with Gasteiger partial charge in [-0.05, 0) is 39.7 Å². The van der Waals surface area contributed by atoms with Crippen LogP contribution in [-0.2, 0) is 0 Å². The second-order valence-electron chi connectivity index (χ2n) is 3.00. The summed E-state index contributed by atoms with van der Waals surface area (Å²) in [6.45, 7) is 0. The zero-order valence-corrected chi connectivity index (χ0v) is 11.5. The molecule has 0 aliphatic heterocycles. The lowest BCUT2D eigenvalue weighted by Gasteiger charge is -2.04. The topological polar surface area (TPSA) is 12.9 Å². The lowest BCUT2D eigenvalue weighted by molar-refractivity contribution is 1.28. The minimum absolute atomic E-state index is 0.649. The molecule has 0 saturated heterocycles. The quantitative estimate of drug-likeness (QED) is 0.667. The Morgan fingerprint density at radius 1 is 1.13 bits per heavy atom. The van der Waals surface area contributed by atoms with Crippen LogP contribution in [0.2, 0.25) is 5.02 Å². The molecular formula is C11H6Br2ClN. The molecule has 76 valence electrons. The number of pyridine rings is 1. The number of nitrogens with zero attached hydrogens (tertiary/aromatic N) is 1. The maximum absolute atomic E-state index is 6.08. The predicted octanol–water partition coefficient (Wildman–Crippen LogP) is 4.93. The molecule has 0 unspecified atom stereocenters. The third-order valence-electron chi connectivity index (χ3n) is 1.96. The van der Waals surface area contributed by atoms with Crippen LogP contribution in [0.3, 0.4) is 0 Å². The first-order chi connectivity index (χ1) is 7.16. The van der Waals surface area contributed by atoms with E-state index in [9.17, 15) is 0 Å². The van der Waals surface area contributed by atoms with Gasteiger partial charge in [-0.3, -0.25) is 0 Å². The zero-order chi connectivity index (χ0) is 10.8. The summed E-state index contributed by atoms with van der Waals surface area (Å²) in [5.74, 6) is 0. The number of hydrogen-bond donors (Lipinski definition) is 0. The van der Waals surface area contributed by atoms with Gasteiger partial charge in [0.2, 0.25) is 0 Å². The largest absolute Gasteiger partial charge is 0.248 e. The van der Waals surface area contributed by atoms with E-state index in [0.29, 0.717) is 5.02 Å². The molecule has 1 heterocycles. The van der Waals surface area contributed by atoms with Crippen LogP contribution >= 0.6 is 43.5 Å². The Labute approximate surface area is 110 Å². The van der Waals surface area contributed by atoms with Gasteiger partial charge in [-0.25, -0.2) is 4.98 Å². The molecule has 0 fully saturated rings. The fourth-order valence-electron chi connectivity index (χ4n) is 1.29. The Balaban J connectivity index is 2.58. The molecule has 1 aromatic heterocycles. The van der Waals surface area contributed by atoms with E-state index in [2.05, 4.69) is 36.8 Å². The molecule has 0 radical (unpaired) electrons. The van der Waals surface area contributed by atoms with Gasteiger partial charge in [-0.1, -0.05) is 39.7 Å². The van der Waals surface area contributed by atoms with Crippen LogP contribution in [0, 0.1) is 0 Å². The molecule has 4 heteroatoms. The van der Waals surface area contributed by atoms with E-state index in [1.807, 2.05) is 30.3 Å². The molecule has 0 aliphatic carbocycles. The van der Waals surface area contributed by atoms with Gasteiger partial charge in [0.1, 0.15) is 4.60 Å². The maximum atomic E-state index is 6.08. The second-order valence-corrected chi connectivity index (χ2v) is 5.13. The molecule has 0 amide bonds. The molecule has 15 heavy (non-hydrogen) atoms. The van der Waals surface area contributed by atoms with E-state index >= 15 is 0 Å². The summed E-state index contributed by atoms with van der Waals surface area (Å²) >= 11 is 12.8. The van der Waals surface area contributed by atoms with E-state index in [0.717, 1.165) is 20.2 Å².